The summed E-state index contributed by atoms with van der Waals surface area (Å²) in [5, 5.41) is 1.11. The number of hydrogen-bond donors (Lipinski definition) is 2. The van der Waals surface area contributed by atoms with Crippen molar-refractivity contribution in [1.29, 1.82) is 0 Å². The molecule has 0 radical (unpaired) electrons. The number of benzene rings is 1. The van der Waals surface area contributed by atoms with Gasteiger partial charge in [0.2, 0.25) is 0 Å². The molecule has 0 amide bonds. The summed E-state index contributed by atoms with van der Waals surface area (Å²) >= 11 is 0. The molecule has 2 aromatic rings. The summed E-state index contributed by atoms with van der Waals surface area (Å²) in [6.07, 6.45) is 1.80. The molecule has 2 rings (SSSR count). The molecule has 3 N–H and O–H groups in total. The molecule has 0 aliphatic carbocycles. The molecule has 0 aliphatic heterocycles. The third-order valence-corrected chi connectivity index (χ3v) is 3.44. The van der Waals surface area contributed by atoms with Crippen molar-refractivity contribution >= 4 is 10.9 Å². The molecule has 19 heavy (non-hydrogen) atoms. The van der Waals surface area contributed by atoms with E-state index in [1.807, 2.05) is 18.2 Å². The molecule has 0 saturated carbocycles. The maximum absolute atomic E-state index is 5.75. The van der Waals surface area contributed by atoms with Crippen LogP contribution in [0, 0.1) is 5.92 Å². The van der Waals surface area contributed by atoms with Gasteiger partial charge in [-0.25, -0.2) is 0 Å². The predicted octanol–water partition coefficient (Wildman–Crippen LogP) is 2.41. The van der Waals surface area contributed by atoms with Gasteiger partial charge in [-0.3, -0.25) is 16.3 Å². The molecule has 0 fully saturated rings. The van der Waals surface area contributed by atoms with Crippen LogP contribution < -0.4 is 11.3 Å². The summed E-state index contributed by atoms with van der Waals surface area (Å²) in [4.78, 5) is 4.47. The highest BCUT2D eigenvalue weighted by molar-refractivity contribution is 5.82. The van der Waals surface area contributed by atoms with Crippen molar-refractivity contribution in [2.24, 2.45) is 11.8 Å². The largest absolute Gasteiger partial charge is 0.379 e. The Morgan fingerprint density at radius 2 is 1.95 bits per heavy atom. The van der Waals surface area contributed by atoms with Gasteiger partial charge < -0.3 is 4.74 Å². The Morgan fingerprint density at radius 3 is 2.58 bits per heavy atom. The van der Waals surface area contributed by atoms with Crippen LogP contribution in [-0.4, -0.2) is 18.2 Å². The fourth-order valence-corrected chi connectivity index (χ4v) is 2.53. The first-order chi connectivity index (χ1) is 9.19. The number of methoxy groups -OCH3 is 1. The molecule has 2 unspecified atom stereocenters. The molecule has 0 saturated heterocycles. The average molecular weight is 259 g/mol. The minimum Gasteiger partial charge on any atom is -0.379 e. The van der Waals surface area contributed by atoms with Crippen LogP contribution in [0.5, 0.6) is 0 Å². The SMILES string of the molecule is COC(C(C)C)C(NN)c1cccc2cccnc12. The maximum Gasteiger partial charge on any atom is 0.0802 e. The number of aromatic nitrogens is 1. The lowest BCUT2D eigenvalue weighted by molar-refractivity contribution is 0.0330. The Kier molecular flexibility index (Phi) is 4.47. The number of hydrogen-bond acceptors (Lipinski definition) is 4. The van der Waals surface area contributed by atoms with Crippen molar-refractivity contribution in [3.63, 3.8) is 0 Å². The normalized spacial score (nSPS) is 14.8. The summed E-state index contributed by atoms with van der Waals surface area (Å²) in [6.45, 7) is 4.24. The smallest absolute Gasteiger partial charge is 0.0802 e. The molecule has 2 atom stereocenters. The molecule has 1 aromatic heterocycles. The van der Waals surface area contributed by atoms with Gasteiger partial charge in [-0.15, -0.1) is 0 Å². The number of pyridine rings is 1. The van der Waals surface area contributed by atoms with E-state index in [0.29, 0.717) is 5.92 Å². The number of rotatable bonds is 5. The molecule has 102 valence electrons. The minimum absolute atomic E-state index is 0.00222. The highest BCUT2D eigenvalue weighted by Crippen LogP contribution is 2.28. The number of para-hydroxylation sites is 1. The summed E-state index contributed by atoms with van der Waals surface area (Å²) in [5.41, 5.74) is 4.92. The van der Waals surface area contributed by atoms with Crippen LogP contribution >= 0.6 is 0 Å². The van der Waals surface area contributed by atoms with Crippen LogP contribution in [0.1, 0.15) is 25.5 Å². The van der Waals surface area contributed by atoms with E-state index in [1.165, 1.54) is 0 Å². The zero-order chi connectivity index (χ0) is 13.8. The summed E-state index contributed by atoms with van der Waals surface area (Å²) in [6, 6.07) is 10.0. The number of nitrogens with one attached hydrogen (secondary N) is 1. The Labute approximate surface area is 113 Å². The molecule has 4 heteroatoms. The highest BCUT2D eigenvalue weighted by Gasteiger charge is 2.26. The lowest BCUT2D eigenvalue weighted by Gasteiger charge is -2.29. The second kappa shape index (κ2) is 6.10. The van der Waals surface area contributed by atoms with Crippen LogP contribution in [-0.2, 0) is 4.74 Å². The molecule has 4 nitrogen and oxygen atoms in total. The lowest BCUT2D eigenvalue weighted by atomic mass is 9.92. The monoisotopic (exact) mass is 259 g/mol. The number of hydrazine groups is 1. The molecule has 0 bridgehead atoms. The van der Waals surface area contributed by atoms with E-state index in [0.717, 1.165) is 16.5 Å². The van der Waals surface area contributed by atoms with E-state index < -0.39 is 0 Å². The Balaban J connectivity index is 2.51. The quantitative estimate of drug-likeness (QED) is 0.639. The molecule has 0 aliphatic rings. The number of nitrogens with two attached hydrogens (primary N) is 1. The van der Waals surface area contributed by atoms with Crippen molar-refractivity contribution in [1.82, 2.24) is 10.4 Å². The lowest BCUT2D eigenvalue weighted by Crippen LogP contribution is -2.40. The predicted molar refractivity (Wildman–Crippen MR) is 77.4 cm³/mol. The van der Waals surface area contributed by atoms with Crippen LogP contribution in [0.25, 0.3) is 10.9 Å². The molecular formula is C15H21N3O. The van der Waals surface area contributed by atoms with Gasteiger partial charge in [-0.2, -0.15) is 0 Å². The minimum atomic E-state index is -0.0800. The van der Waals surface area contributed by atoms with Crippen LogP contribution in [0.4, 0.5) is 0 Å². The first-order valence-corrected chi connectivity index (χ1v) is 6.51. The topological polar surface area (TPSA) is 60.2 Å². The zero-order valence-corrected chi connectivity index (χ0v) is 11.6. The van der Waals surface area contributed by atoms with Gasteiger partial charge in [0.05, 0.1) is 17.7 Å². The first kappa shape index (κ1) is 13.9. The van der Waals surface area contributed by atoms with Gasteiger partial charge in [0.1, 0.15) is 0 Å². The van der Waals surface area contributed by atoms with Crippen molar-refractivity contribution in [2.45, 2.75) is 26.0 Å². The van der Waals surface area contributed by atoms with Gasteiger partial charge in [0.25, 0.3) is 0 Å². The van der Waals surface area contributed by atoms with E-state index in [4.69, 9.17) is 10.6 Å². The number of fused-ring (bicyclic) bond motifs is 1. The summed E-state index contributed by atoms with van der Waals surface area (Å²) in [5.74, 6) is 6.10. The standard InChI is InChI=1S/C15H21N3O/c1-10(2)15(19-3)14(18-16)12-8-4-6-11-7-5-9-17-13(11)12/h4-10,14-15,18H,16H2,1-3H3. The van der Waals surface area contributed by atoms with Gasteiger partial charge in [-0.1, -0.05) is 38.1 Å². The summed E-state index contributed by atoms with van der Waals surface area (Å²) in [7, 11) is 1.72. The third-order valence-electron chi connectivity index (χ3n) is 3.44. The van der Waals surface area contributed by atoms with E-state index in [2.05, 4.69) is 36.4 Å². The van der Waals surface area contributed by atoms with E-state index >= 15 is 0 Å². The first-order valence-electron chi connectivity index (χ1n) is 6.51. The third kappa shape index (κ3) is 2.76. The molecule has 0 spiro atoms. The fraction of sp³-hybridized carbons (Fsp3) is 0.400. The van der Waals surface area contributed by atoms with Crippen LogP contribution in [0.2, 0.25) is 0 Å². The fourth-order valence-electron chi connectivity index (χ4n) is 2.53. The molecular weight excluding hydrogens is 238 g/mol. The van der Waals surface area contributed by atoms with Crippen molar-refractivity contribution in [3.05, 3.63) is 42.1 Å². The van der Waals surface area contributed by atoms with Crippen LogP contribution in [0.15, 0.2) is 36.5 Å². The zero-order valence-electron chi connectivity index (χ0n) is 11.6. The van der Waals surface area contributed by atoms with E-state index in [1.54, 1.807) is 13.3 Å². The van der Waals surface area contributed by atoms with Crippen molar-refractivity contribution < 1.29 is 4.74 Å². The van der Waals surface area contributed by atoms with Gasteiger partial charge in [0, 0.05) is 18.7 Å². The maximum atomic E-state index is 5.75. The Hall–Kier alpha value is -1.49. The van der Waals surface area contributed by atoms with Crippen LogP contribution in [0.3, 0.4) is 0 Å². The van der Waals surface area contributed by atoms with Gasteiger partial charge >= 0.3 is 0 Å². The van der Waals surface area contributed by atoms with Gasteiger partial charge in [-0.05, 0) is 17.5 Å². The van der Waals surface area contributed by atoms with Gasteiger partial charge in [0.15, 0.2) is 0 Å². The van der Waals surface area contributed by atoms with E-state index in [-0.39, 0.29) is 12.1 Å². The second-order valence-electron chi connectivity index (χ2n) is 5.01. The number of ether oxygens (including phenoxy) is 1. The Morgan fingerprint density at radius 1 is 1.21 bits per heavy atom. The average Bonchev–Trinajstić information content (AvgIpc) is 2.43. The molecule has 1 aromatic carbocycles. The second-order valence-corrected chi connectivity index (χ2v) is 5.01. The summed E-state index contributed by atoms with van der Waals surface area (Å²) < 4.78 is 5.60. The van der Waals surface area contributed by atoms with Crippen molar-refractivity contribution in [3.8, 4) is 0 Å². The Bertz CT molecular complexity index is 536. The van der Waals surface area contributed by atoms with Crippen molar-refractivity contribution in [2.75, 3.05) is 7.11 Å². The number of nitrogens with zero attached hydrogens (tertiary/aromatic N) is 1. The molecule has 1 heterocycles. The van der Waals surface area contributed by atoms with E-state index in [9.17, 15) is 0 Å². The highest BCUT2D eigenvalue weighted by atomic mass is 16.5.